The van der Waals surface area contributed by atoms with Gasteiger partial charge in [0.25, 0.3) is 0 Å². The molecule has 2 nitrogen and oxygen atoms in total. The Balaban J connectivity index is 2.22. The van der Waals surface area contributed by atoms with Gasteiger partial charge in [0.1, 0.15) is 0 Å². The normalized spacial score (nSPS) is 25.1. The molecule has 1 fully saturated rings. The third-order valence-corrected chi connectivity index (χ3v) is 3.74. The quantitative estimate of drug-likeness (QED) is 0.832. The van der Waals surface area contributed by atoms with Gasteiger partial charge in [0.15, 0.2) is 0 Å². The molecule has 1 aliphatic heterocycles. The lowest BCUT2D eigenvalue weighted by atomic mass is 9.79. The second kappa shape index (κ2) is 4.74. The Hall–Kier alpha value is -0.570. The van der Waals surface area contributed by atoms with Gasteiger partial charge in [0.05, 0.1) is 5.60 Å². The van der Waals surface area contributed by atoms with Crippen molar-refractivity contribution in [1.29, 1.82) is 0 Å². The monoisotopic (exact) mass is 239 g/mol. The van der Waals surface area contributed by atoms with Crippen LogP contribution >= 0.6 is 11.6 Å². The Labute approximate surface area is 102 Å². The Bertz CT molecular complexity index is 359. The zero-order valence-corrected chi connectivity index (χ0v) is 10.3. The van der Waals surface area contributed by atoms with E-state index in [0.717, 1.165) is 31.5 Å². The van der Waals surface area contributed by atoms with Crippen molar-refractivity contribution in [2.24, 2.45) is 5.92 Å². The summed E-state index contributed by atoms with van der Waals surface area (Å²) in [5, 5.41) is 14.7. The van der Waals surface area contributed by atoms with E-state index < -0.39 is 5.60 Å². The zero-order valence-electron chi connectivity index (χ0n) is 9.54. The van der Waals surface area contributed by atoms with Crippen LogP contribution in [0.4, 0.5) is 0 Å². The summed E-state index contributed by atoms with van der Waals surface area (Å²) in [6.07, 6.45) is 2.19. The van der Waals surface area contributed by atoms with Gasteiger partial charge in [-0.05, 0) is 44.0 Å². The van der Waals surface area contributed by atoms with Crippen molar-refractivity contribution in [3.05, 3.63) is 34.9 Å². The highest BCUT2D eigenvalue weighted by Crippen LogP contribution is 2.34. The van der Waals surface area contributed by atoms with Gasteiger partial charge in [0.2, 0.25) is 0 Å². The lowest BCUT2D eigenvalue weighted by molar-refractivity contribution is -0.0156. The molecule has 1 aromatic rings. The highest BCUT2D eigenvalue weighted by molar-refractivity contribution is 6.30. The number of piperidine rings is 1. The molecule has 1 saturated heterocycles. The molecule has 1 unspecified atom stereocenters. The molecule has 3 heteroatoms. The maximum atomic E-state index is 10.6. The van der Waals surface area contributed by atoms with E-state index in [1.165, 1.54) is 0 Å². The predicted octanol–water partition coefficient (Wildman–Crippen LogP) is 2.55. The summed E-state index contributed by atoms with van der Waals surface area (Å²) in [6.45, 7) is 3.82. The van der Waals surface area contributed by atoms with Gasteiger partial charge in [-0.15, -0.1) is 0 Å². The molecule has 1 aliphatic rings. The molecule has 88 valence electrons. The van der Waals surface area contributed by atoms with Crippen LogP contribution in [-0.2, 0) is 5.60 Å². The van der Waals surface area contributed by atoms with Gasteiger partial charge in [-0.25, -0.2) is 0 Å². The van der Waals surface area contributed by atoms with Crippen LogP contribution in [-0.4, -0.2) is 18.2 Å². The summed E-state index contributed by atoms with van der Waals surface area (Å²) >= 11 is 5.96. The molecular weight excluding hydrogens is 222 g/mol. The summed E-state index contributed by atoms with van der Waals surface area (Å²) in [7, 11) is 0. The molecule has 2 atom stereocenters. The van der Waals surface area contributed by atoms with E-state index in [-0.39, 0.29) is 5.92 Å². The second-order valence-electron chi connectivity index (χ2n) is 4.70. The third-order valence-electron chi connectivity index (χ3n) is 3.50. The topological polar surface area (TPSA) is 32.3 Å². The first kappa shape index (κ1) is 11.9. The Kier molecular flexibility index (Phi) is 3.53. The summed E-state index contributed by atoms with van der Waals surface area (Å²) in [6, 6.07) is 7.53. The minimum absolute atomic E-state index is 0.264. The highest BCUT2D eigenvalue weighted by atomic mass is 35.5. The molecule has 0 amide bonds. The van der Waals surface area contributed by atoms with Crippen molar-refractivity contribution < 1.29 is 5.11 Å². The number of halogens is 1. The summed E-state index contributed by atoms with van der Waals surface area (Å²) in [5.74, 6) is 0.264. The lowest BCUT2D eigenvalue weighted by Crippen LogP contribution is -2.42. The maximum absolute atomic E-state index is 10.6. The van der Waals surface area contributed by atoms with E-state index in [1.54, 1.807) is 0 Å². The predicted molar refractivity (Wildman–Crippen MR) is 66.6 cm³/mol. The fourth-order valence-electron chi connectivity index (χ4n) is 2.37. The van der Waals surface area contributed by atoms with Crippen LogP contribution in [0.15, 0.2) is 24.3 Å². The first-order valence-electron chi connectivity index (χ1n) is 5.80. The van der Waals surface area contributed by atoms with Crippen molar-refractivity contribution >= 4 is 11.6 Å². The van der Waals surface area contributed by atoms with Crippen LogP contribution in [0.1, 0.15) is 25.3 Å². The van der Waals surface area contributed by atoms with Gasteiger partial charge in [-0.3, -0.25) is 0 Å². The lowest BCUT2D eigenvalue weighted by Gasteiger charge is -2.36. The van der Waals surface area contributed by atoms with Crippen molar-refractivity contribution in [3.63, 3.8) is 0 Å². The van der Waals surface area contributed by atoms with Crippen molar-refractivity contribution in [3.8, 4) is 0 Å². The van der Waals surface area contributed by atoms with Gasteiger partial charge in [-0.2, -0.15) is 0 Å². The minimum Gasteiger partial charge on any atom is -0.385 e. The largest absolute Gasteiger partial charge is 0.385 e. The fraction of sp³-hybridized carbons (Fsp3) is 0.538. The number of aliphatic hydroxyl groups is 1. The zero-order chi connectivity index (χ0) is 11.6. The molecule has 1 aromatic carbocycles. The number of nitrogens with one attached hydrogen (secondary N) is 1. The van der Waals surface area contributed by atoms with Crippen molar-refractivity contribution in [2.45, 2.75) is 25.4 Å². The standard InChI is InChI=1S/C13H18ClNO/c1-13(16,11-5-3-7-15-9-11)10-4-2-6-12(14)8-10/h2,4,6,8,11,15-16H,3,5,7,9H2,1H3/t11?,13-/m1/s1. The maximum Gasteiger partial charge on any atom is 0.0909 e. The van der Waals surface area contributed by atoms with Crippen LogP contribution in [0, 0.1) is 5.92 Å². The highest BCUT2D eigenvalue weighted by Gasteiger charge is 2.34. The molecule has 0 bridgehead atoms. The number of rotatable bonds is 2. The fourth-order valence-corrected chi connectivity index (χ4v) is 2.56. The van der Waals surface area contributed by atoms with Gasteiger partial charge < -0.3 is 10.4 Å². The van der Waals surface area contributed by atoms with E-state index in [0.29, 0.717) is 5.02 Å². The van der Waals surface area contributed by atoms with Crippen LogP contribution in [0.5, 0.6) is 0 Å². The summed E-state index contributed by atoms with van der Waals surface area (Å²) in [4.78, 5) is 0. The van der Waals surface area contributed by atoms with Gasteiger partial charge >= 0.3 is 0 Å². The van der Waals surface area contributed by atoms with Gasteiger partial charge in [-0.1, -0.05) is 23.7 Å². The second-order valence-corrected chi connectivity index (χ2v) is 5.14. The molecule has 1 heterocycles. The molecule has 0 aromatic heterocycles. The van der Waals surface area contributed by atoms with E-state index in [4.69, 9.17) is 11.6 Å². The number of hydrogen-bond donors (Lipinski definition) is 2. The average Bonchev–Trinajstić information content (AvgIpc) is 2.30. The number of benzene rings is 1. The molecule has 2 rings (SSSR count). The third kappa shape index (κ3) is 2.40. The Morgan fingerprint density at radius 2 is 2.31 bits per heavy atom. The molecule has 0 radical (unpaired) electrons. The molecular formula is C13H18ClNO. The van der Waals surface area contributed by atoms with E-state index in [1.807, 2.05) is 31.2 Å². The first-order valence-corrected chi connectivity index (χ1v) is 6.17. The van der Waals surface area contributed by atoms with Crippen LogP contribution in [0.3, 0.4) is 0 Å². The van der Waals surface area contributed by atoms with E-state index >= 15 is 0 Å². The van der Waals surface area contributed by atoms with Crippen molar-refractivity contribution in [1.82, 2.24) is 5.32 Å². The average molecular weight is 240 g/mol. The number of hydrogen-bond acceptors (Lipinski definition) is 2. The van der Waals surface area contributed by atoms with Crippen LogP contribution in [0.2, 0.25) is 5.02 Å². The first-order chi connectivity index (χ1) is 7.60. The van der Waals surface area contributed by atoms with Crippen LogP contribution in [0.25, 0.3) is 0 Å². The van der Waals surface area contributed by atoms with Crippen LogP contribution < -0.4 is 5.32 Å². The van der Waals surface area contributed by atoms with Crippen molar-refractivity contribution in [2.75, 3.05) is 13.1 Å². The van der Waals surface area contributed by atoms with Gasteiger partial charge in [0, 0.05) is 17.5 Å². The molecule has 0 aliphatic carbocycles. The molecule has 0 saturated carbocycles. The smallest absolute Gasteiger partial charge is 0.0909 e. The van der Waals surface area contributed by atoms with E-state index in [2.05, 4.69) is 5.32 Å². The summed E-state index contributed by atoms with van der Waals surface area (Å²) in [5.41, 5.74) is 0.118. The Morgan fingerprint density at radius 1 is 1.50 bits per heavy atom. The minimum atomic E-state index is -0.793. The SMILES string of the molecule is C[C@@](O)(c1cccc(Cl)c1)C1CCCNC1. The molecule has 16 heavy (non-hydrogen) atoms. The summed E-state index contributed by atoms with van der Waals surface area (Å²) < 4.78 is 0. The molecule has 2 N–H and O–H groups in total. The molecule has 0 spiro atoms. The Morgan fingerprint density at radius 3 is 2.94 bits per heavy atom. The van der Waals surface area contributed by atoms with E-state index in [9.17, 15) is 5.11 Å².